The summed E-state index contributed by atoms with van der Waals surface area (Å²) in [6.45, 7) is 3.29. The predicted octanol–water partition coefficient (Wildman–Crippen LogP) is 2.19. The summed E-state index contributed by atoms with van der Waals surface area (Å²) in [6, 6.07) is 9.81. The largest absolute Gasteiger partial charge is 0.496 e. The number of aromatic nitrogens is 1. The van der Waals surface area contributed by atoms with Gasteiger partial charge >= 0.3 is 6.03 Å². The molecular formula is C20H22N4O4. The lowest BCUT2D eigenvalue weighted by Gasteiger charge is -2.26. The molecule has 2 N–H and O–H groups in total. The number of urea groups is 1. The fourth-order valence-corrected chi connectivity index (χ4v) is 3.32. The first-order valence-corrected chi connectivity index (χ1v) is 8.91. The monoisotopic (exact) mass is 382 g/mol. The summed E-state index contributed by atoms with van der Waals surface area (Å²) in [4.78, 5) is 42.9. The van der Waals surface area contributed by atoms with Crippen LogP contribution in [-0.2, 0) is 15.1 Å². The molecule has 0 aliphatic carbocycles. The zero-order valence-electron chi connectivity index (χ0n) is 16.0. The Morgan fingerprint density at radius 3 is 2.68 bits per heavy atom. The van der Waals surface area contributed by atoms with E-state index in [0.717, 1.165) is 10.5 Å². The fourth-order valence-electron chi connectivity index (χ4n) is 3.32. The summed E-state index contributed by atoms with van der Waals surface area (Å²) in [5.74, 6) is 0.0891. The first-order chi connectivity index (χ1) is 13.4. The molecule has 1 fully saturated rings. The lowest BCUT2D eigenvalue weighted by atomic mass is 9.86. The van der Waals surface area contributed by atoms with Crippen molar-refractivity contribution in [1.29, 1.82) is 0 Å². The van der Waals surface area contributed by atoms with Gasteiger partial charge in [0.05, 0.1) is 7.11 Å². The van der Waals surface area contributed by atoms with Gasteiger partial charge in [-0.25, -0.2) is 9.78 Å². The SMILES string of the molecule is CCC1(c2ccc(OC)c(C)c2)NC(=O)N(CC(=O)Nc2ccccn2)C1=O. The van der Waals surface area contributed by atoms with Crippen LogP contribution in [0.2, 0.25) is 0 Å². The molecule has 1 aromatic heterocycles. The van der Waals surface area contributed by atoms with Crippen molar-refractivity contribution >= 4 is 23.7 Å². The van der Waals surface area contributed by atoms with Crippen LogP contribution in [0.3, 0.4) is 0 Å². The Labute approximate surface area is 162 Å². The molecule has 1 atom stereocenters. The van der Waals surface area contributed by atoms with Crippen LogP contribution >= 0.6 is 0 Å². The molecule has 8 nitrogen and oxygen atoms in total. The number of aryl methyl sites for hydroxylation is 1. The van der Waals surface area contributed by atoms with E-state index in [9.17, 15) is 14.4 Å². The van der Waals surface area contributed by atoms with Crippen LogP contribution in [0.5, 0.6) is 5.75 Å². The first kappa shape index (κ1) is 19.3. The zero-order chi connectivity index (χ0) is 20.3. The molecule has 2 aromatic rings. The average Bonchev–Trinajstić information content (AvgIpc) is 2.93. The van der Waals surface area contributed by atoms with Crippen molar-refractivity contribution in [2.24, 2.45) is 0 Å². The van der Waals surface area contributed by atoms with E-state index in [2.05, 4.69) is 15.6 Å². The van der Waals surface area contributed by atoms with Gasteiger partial charge in [-0.2, -0.15) is 0 Å². The Balaban J connectivity index is 1.82. The normalized spacial score (nSPS) is 18.8. The van der Waals surface area contributed by atoms with E-state index < -0.39 is 29.9 Å². The van der Waals surface area contributed by atoms with E-state index in [1.807, 2.05) is 19.9 Å². The number of pyridine rings is 1. The number of amides is 4. The molecule has 1 aliphatic rings. The zero-order valence-corrected chi connectivity index (χ0v) is 16.0. The van der Waals surface area contributed by atoms with Gasteiger partial charge in [-0.05, 0) is 48.7 Å². The number of carbonyl (C=O) groups excluding carboxylic acids is 3. The van der Waals surface area contributed by atoms with E-state index in [-0.39, 0.29) is 0 Å². The first-order valence-electron chi connectivity index (χ1n) is 8.91. The number of nitrogens with zero attached hydrogens (tertiary/aromatic N) is 2. The summed E-state index contributed by atoms with van der Waals surface area (Å²) in [6.07, 6.45) is 1.89. The molecule has 146 valence electrons. The Bertz CT molecular complexity index is 916. The number of benzene rings is 1. The summed E-state index contributed by atoms with van der Waals surface area (Å²) >= 11 is 0. The fraction of sp³-hybridized carbons (Fsp3) is 0.300. The average molecular weight is 382 g/mol. The second kappa shape index (κ2) is 7.67. The number of imide groups is 1. The molecule has 1 aliphatic heterocycles. The molecule has 8 heteroatoms. The topological polar surface area (TPSA) is 101 Å². The van der Waals surface area contributed by atoms with Gasteiger partial charge in [0.15, 0.2) is 0 Å². The van der Waals surface area contributed by atoms with Gasteiger partial charge < -0.3 is 15.4 Å². The van der Waals surface area contributed by atoms with Crippen LogP contribution in [-0.4, -0.2) is 41.4 Å². The molecular weight excluding hydrogens is 360 g/mol. The highest BCUT2D eigenvalue weighted by molar-refractivity contribution is 6.10. The third-order valence-corrected chi connectivity index (χ3v) is 4.83. The van der Waals surface area contributed by atoms with Gasteiger partial charge in [-0.3, -0.25) is 14.5 Å². The number of rotatable bonds is 6. The van der Waals surface area contributed by atoms with Gasteiger partial charge in [-0.15, -0.1) is 0 Å². The highest BCUT2D eigenvalue weighted by atomic mass is 16.5. The van der Waals surface area contributed by atoms with Crippen molar-refractivity contribution in [1.82, 2.24) is 15.2 Å². The molecule has 3 rings (SSSR count). The predicted molar refractivity (Wildman–Crippen MR) is 103 cm³/mol. The van der Waals surface area contributed by atoms with Crippen LogP contribution in [0.15, 0.2) is 42.6 Å². The number of nitrogens with one attached hydrogen (secondary N) is 2. The van der Waals surface area contributed by atoms with Gasteiger partial charge in [0.1, 0.15) is 23.7 Å². The summed E-state index contributed by atoms with van der Waals surface area (Å²) < 4.78 is 5.27. The molecule has 4 amide bonds. The van der Waals surface area contributed by atoms with Gasteiger partial charge in [0.25, 0.3) is 5.91 Å². The summed E-state index contributed by atoms with van der Waals surface area (Å²) in [5, 5.41) is 5.35. The van der Waals surface area contributed by atoms with Crippen molar-refractivity contribution in [3.8, 4) is 5.75 Å². The number of methoxy groups -OCH3 is 1. The lowest BCUT2D eigenvalue weighted by Crippen LogP contribution is -2.44. The van der Waals surface area contributed by atoms with Crippen LogP contribution in [0.4, 0.5) is 10.6 Å². The third kappa shape index (κ3) is 3.40. The number of hydrogen-bond donors (Lipinski definition) is 2. The minimum absolute atomic E-state index is 0.349. The van der Waals surface area contributed by atoms with Crippen molar-refractivity contribution in [2.45, 2.75) is 25.8 Å². The van der Waals surface area contributed by atoms with E-state index in [1.165, 1.54) is 6.20 Å². The molecule has 1 unspecified atom stereocenters. The van der Waals surface area contributed by atoms with Crippen LogP contribution in [0.1, 0.15) is 24.5 Å². The smallest absolute Gasteiger partial charge is 0.325 e. The van der Waals surface area contributed by atoms with E-state index in [1.54, 1.807) is 37.4 Å². The van der Waals surface area contributed by atoms with Crippen molar-refractivity contribution in [3.05, 3.63) is 53.7 Å². The van der Waals surface area contributed by atoms with E-state index >= 15 is 0 Å². The Hall–Kier alpha value is -3.42. The summed E-state index contributed by atoms with van der Waals surface area (Å²) in [7, 11) is 1.57. The third-order valence-electron chi connectivity index (χ3n) is 4.83. The molecule has 0 saturated carbocycles. The maximum absolute atomic E-state index is 13.1. The number of carbonyl (C=O) groups is 3. The Morgan fingerprint density at radius 2 is 2.07 bits per heavy atom. The van der Waals surface area contributed by atoms with Crippen LogP contribution in [0, 0.1) is 6.92 Å². The minimum Gasteiger partial charge on any atom is -0.496 e. The van der Waals surface area contributed by atoms with Gasteiger partial charge in [-0.1, -0.05) is 19.1 Å². The van der Waals surface area contributed by atoms with Crippen molar-refractivity contribution < 1.29 is 19.1 Å². The van der Waals surface area contributed by atoms with Gasteiger partial charge in [0, 0.05) is 6.20 Å². The second-order valence-electron chi connectivity index (χ2n) is 6.53. The molecule has 2 heterocycles. The minimum atomic E-state index is -1.21. The van der Waals surface area contributed by atoms with Crippen molar-refractivity contribution in [3.63, 3.8) is 0 Å². The highest BCUT2D eigenvalue weighted by Crippen LogP contribution is 2.34. The molecule has 28 heavy (non-hydrogen) atoms. The maximum atomic E-state index is 13.1. The molecule has 1 saturated heterocycles. The number of anilines is 1. The second-order valence-corrected chi connectivity index (χ2v) is 6.53. The van der Waals surface area contributed by atoms with Gasteiger partial charge in [0.2, 0.25) is 5.91 Å². The van der Waals surface area contributed by atoms with Crippen LogP contribution < -0.4 is 15.4 Å². The molecule has 0 spiro atoms. The standard InChI is InChI=1S/C20H22N4O4/c1-4-20(14-8-9-15(28-3)13(2)11-14)18(26)24(19(27)23-20)12-17(25)22-16-7-5-6-10-21-16/h5-11H,4,12H2,1-3H3,(H,23,27)(H,21,22,25). The summed E-state index contributed by atoms with van der Waals surface area (Å²) in [5.41, 5.74) is 0.292. The van der Waals surface area contributed by atoms with E-state index in [0.29, 0.717) is 23.6 Å². The molecule has 0 bridgehead atoms. The Morgan fingerprint density at radius 1 is 1.29 bits per heavy atom. The number of hydrogen-bond acceptors (Lipinski definition) is 5. The molecule has 1 aromatic carbocycles. The quantitative estimate of drug-likeness (QED) is 0.746. The van der Waals surface area contributed by atoms with E-state index in [4.69, 9.17) is 4.74 Å². The Kier molecular flexibility index (Phi) is 5.30. The lowest BCUT2D eigenvalue weighted by molar-refractivity contribution is -0.134. The van der Waals surface area contributed by atoms with Crippen molar-refractivity contribution in [2.75, 3.05) is 19.0 Å². The highest BCUT2D eigenvalue weighted by Gasteiger charge is 2.51. The number of ether oxygens (including phenoxy) is 1. The molecule has 0 radical (unpaired) electrons. The van der Waals surface area contributed by atoms with Crippen LogP contribution in [0.25, 0.3) is 0 Å². The maximum Gasteiger partial charge on any atom is 0.325 e.